The van der Waals surface area contributed by atoms with Gasteiger partial charge in [-0.25, -0.2) is 0 Å². The normalized spacial score (nSPS) is 24.0. The van der Waals surface area contributed by atoms with Gasteiger partial charge in [0.1, 0.15) is 0 Å². The molecular weight excluding hydrogens is 198 g/mol. The molecular formula is C14H21NO. The first kappa shape index (κ1) is 11.5. The van der Waals surface area contributed by atoms with Crippen LogP contribution in [0.5, 0.6) is 0 Å². The highest BCUT2D eigenvalue weighted by Gasteiger charge is 2.23. The van der Waals surface area contributed by atoms with Gasteiger partial charge < -0.3 is 10.1 Å². The molecule has 16 heavy (non-hydrogen) atoms. The lowest BCUT2D eigenvalue weighted by Gasteiger charge is -2.31. The van der Waals surface area contributed by atoms with E-state index < -0.39 is 0 Å². The van der Waals surface area contributed by atoms with Crippen molar-refractivity contribution >= 4 is 5.69 Å². The fraction of sp³-hybridized carbons (Fsp3) is 0.571. The number of ether oxygens (including phenoxy) is 1. The molecule has 0 bridgehead atoms. The second kappa shape index (κ2) is 4.88. The second-order valence-electron chi connectivity index (χ2n) is 4.95. The molecule has 0 radical (unpaired) electrons. The molecule has 2 atom stereocenters. The van der Waals surface area contributed by atoms with Crippen LogP contribution in [0.1, 0.15) is 38.7 Å². The monoisotopic (exact) mass is 219 g/mol. The zero-order valence-corrected chi connectivity index (χ0v) is 10.4. The van der Waals surface area contributed by atoms with Gasteiger partial charge >= 0.3 is 0 Å². The highest BCUT2D eigenvalue weighted by Crippen LogP contribution is 2.34. The summed E-state index contributed by atoms with van der Waals surface area (Å²) in [7, 11) is 0. The number of benzene rings is 1. The van der Waals surface area contributed by atoms with Crippen LogP contribution < -0.4 is 5.32 Å². The number of anilines is 1. The minimum absolute atomic E-state index is 0.317. The topological polar surface area (TPSA) is 21.3 Å². The number of rotatable bonds is 3. The van der Waals surface area contributed by atoms with Crippen LogP contribution in [0.2, 0.25) is 0 Å². The molecule has 0 spiro atoms. The van der Waals surface area contributed by atoms with Crippen molar-refractivity contribution in [2.24, 2.45) is 0 Å². The van der Waals surface area contributed by atoms with Gasteiger partial charge in [0, 0.05) is 17.6 Å². The molecule has 88 valence electrons. The number of para-hydroxylation sites is 1. The quantitative estimate of drug-likeness (QED) is 0.841. The van der Waals surface area contributed by atoms with Gasteiger partial charge in [-0.1, -0.05) is 18.2 Å². The molecule has 0 aliphatic carbocycles. The number of fused-ring (bicyclic) bond motifs is 1. The van der Waals surface area contributed by atoms with Gasteiger partial charge in [0.15, 0.2) is 0 Å². The summed E-state index contributed by atoms with van der Waals surface area (Å²) in [6.45, 7) is 7.26. The molecule has 1 aromatic carbocycles. The van der Waals surface area contributed by atoms with Crippen molar-refractivity contribution in [1.29, 1.82) is 0 Å². The number of nitrogens with one attached hydrogen (secondary N) is 1. The van der Waals surface area contributed by atoms with Crippen molar-refractivity contribution in [3.63, 3.8) is 0 Å². The van der Waals surface area contributed by atoms with Gasteiger partial charge in [-0.05, 0) is 38.8 Å². The van der Waals surface area contributed by atoms with Crippen LogP contribution in [0, 0.1) is 0 Å². The third-order valence-corrected chi connectivity index (χ3v) is 3.07. The summed E-state index contributed by atoms with van der Waals surface area (Å²) in [6.07, 6.45) is 1.47. The van der Waals surface area contributed by atoms with Crippen LogP contribution in [0.4, 0.5) is 5.69 Å². The standard InChI is InChI=1S/C14H21NO/c1-10(2)16-9-12-8-11(3)15-14-7-5-4-6-13(12)14/h4-7,10-12,15H,8-9H2,1-3H3. The molecule has 0 fully saturated rings. The van der Waals surface area contributed by atoms with Crippen molar-refractivity contribution in [1.82, 2.24) is 0 Å². The molecule has 1 heterocycles. The Morgan fingerprint density at radius 1 is 1.38 bits per heavy atom. The smallest absolute Gasteiger partial charge is 0.0539 e. The Kier molecular flexibility index (Phi) is 3.49. The molecule has 0 aromatic heterocycles. The first-order chi connectivity index (χ1) is 7.66. The van der Waals surface area contributed by atoms with Gasteiger partial charge in [0.25, 0.3) is 0 Å². The molecule has 0 saturated carbocycles. The van der Waals surface area contributed by atoms with E-state index in [1.54, 1.807) is 0 Å². The van der Waals surface area contributed by atoms with Crippen LogP contribution >= 0.6 is 0 Å². The SMILES string of the molecule is CC1CC(COC(C)C)c2ccccc2N1. The summed E-state index contributed by atoms with van der Waals surface area (Å²) in [6, 6.07) is 9.11. The number of hydrogen-bond donors (Lipinski definition) is 1. The van der Waals surface area contributed by atoms with E-state index >= 15 is 0 Å². The van der Waals surface area contributed by atoms with Crippen molar-refractivity contribution in [2.75, 3.05) is 11.9 Å². The van der Waals surface area contributed by atoms with E-state index in [4.69, 9.17) is 4.74 Å². The van der Waals surface area contributed by atoms with Crippen molar-refractivity contribution < 1.29 is 4.74 Å². The van der Waals surface area contributed by atoms with Crippen molar-refractivity contribution in [3.05, 3.63) is 29.8 Å². The molecule has 0 amide bonds. The zero-order chi connectivity index (χ0) is 11.5. The Morgan fingerprint density at radius 3 is 2.88 bits per heavy atom. The van der Waals surface area contributed by atoms with Crippen LogP contribution in [0.25, 0.3) is 0 Å². The molecule has 2 rings (SSSR count). The van der Waals surface area contributed by atoms with Crippen LogP contribution in [-0.4, -0.2) is 18.8 Å². The molecule has 2 nitrogen and oxygen atoms in total. The van der Waals surface area contributed by atoms with E-state index in [1.165, 1.54) is 11.3 Å². The van der Waals surface area contributed by atoms with Gasteiger partial charge in [-0.2, -0.15) is 0 Å². The van der Waals surface area contributed by atoms with E-state index in [9.17, 15) is 0 Å². The van der Waals surface area contributed by atoms with Gasteiger partial charge in [-0.15, -0.1) is 0 Å². The van der Waals surface area contributed by atoms with E-state index in [-0.39, 0.29) is 0 Å². The maximum absolute atomic E-state index is 5.76. The second-order valence-corrected chi connectivity index (χ2v) is 4.95. The Morgan fingerprint density at radius 2 is 2.12 bits per heavy atom. The fourth-order valence-electron chi connectivity index (χ4n) is 2.33. The lowest BCUT2D eigenvalue weighted by atomic mass is 9.88. The summed E-state index contributed by atoms with van der Waals surface area (Å²) >= 11 is 0. The summed E-state index contributed by atoms with van der Waals surface area (Å²) < 4.78 is 5.76. The molecule has 1 aliphatic heterocycles. The Hall–Kier alpha value is -1.02. The highest BCUT2D eigenvalue weighted by atomic mass is 16.5. The maximum Gasteiger partial charge on any atom is 0.0539 e. The summed E-state index contributed by atoms with van der Waals surface area (Å²) in [4.78, 5) is 0. The third-order valence-electron chi connectivity index (χ3n) is 3.07. The van der Waals surface area contributed by atoms with Crippen LogP contribution in [0.15, 0.2) is 24.3 Å². The number of hydrogen-bond acceptors (Lipinski definition) is 2. The van der Waals surface area contributed by atoms with E-state index in [0.29, 0.717) is 18.1 Å². The molecule has 0 saturated heterocycles. The highest BCUT2D eigenvalue weighted by molar-refractivity contribution is 5.55. The minimum atomic E-state index is 0.317. The van der Waals surface area contributed by atoms with E-state index in [2.05, 4.69) is 50.4 Å². The van der Waals surface area contributed by atoms with E-state index in [0.717, 1.165) is 13.0 Å². The molecule has 1 N–H and O–H groups in total. The molecule has 1 aromatic rings. The Labute approximate surface area is 98.0 Å². The van der Waals surface area contributed by atoms with Crippen molar-refractivity contribution in [2.45, 2.75) is 45.3 Å². The van der Waals surface area contributed by atoms with Gasteiger partial charge in [0.05, 0.1) is 12.7 Å². The first-order valence-corrected chi connectivity index (χ1v) is 6.14. The average Bonchev–Trinajstić information content (AvgIpc) is 2.25. The lowest BCUT2D eigenvalue weighted by molar-refractivity contribution is 0.0645. The van der Waals surface area contributed by atoms with Crippen LogP contribution in [-0.2, 0) is 4.74 Å². The molecule has 2 unspecified atom stereocenters. The maximum atomic E-state index is 5.76. The summed E-state index contributed by atoms with van der Waals surface area (Å²) in [5.74, 6) is 0.537. The van der Waals surface area contributed by atoms with Gasteiger partial charge in [0.2, 0.25) is 0 Å². The van der Waals surface area contributed by atoms with Crippen molar-refractivity contribution in [3.8, 4) is 0 Å². The Bertz CT molecular complexity index is 348. The van der Waals surface area contributed by atoms with E-state index in [1.807, 2.05) is 0 Å². The Balaban J connectivity index is 2.13. The predicted octanol–water partition coefficient (Wildman–Crippen LogP) is 3.40. The fourth-order valence-corrected chi connectivity index (χ4v) is 2.33. The van der Waals surface area contributed by atoms with Crippen LogP contribution in [0.3, 0.4) is 0 Å². The lowest BCUT2D eigenvalue weighted by Crippen LogP contribution is -2.28. The van der Waals surface area contributed by atoms with Gasteiger partial charge in [-0.3, -0.25) is 0 Å². The summed E-state index contributed by atoms with van der Waals surface area (Å²) in [5, 5.41) is 3.52. The summed E-state index contributed by atoms with van der Waals surface area (Å²) in [5.41, 5.74) is 2.68. The first-order valence-electron chi connectivity index (χ1n) is 6.14. The molecule has 1 aliphatic rings. The molecule has 2 heteroatoms. The third kappa shape index (κ3) is 2.56. The largest absolute Gasteiger partial charge is 0.382 e. The zero-order valence-electron chi connectivity index (χ0n) is 10.4. The predicted molar refractivity (Wildman–Crippen MR) is 68.0 cm³/mol. The minimum Gasteiger partial charge on any atom is -0.382 e. The average molecular weight is 219 g/mol.